The Morgan fingerprint density at radius 1 is 1.32 bits per heavy atom. The summed E-state index contributed by atoms with van der Waals surface area (Å²) in [5.41, 5.74) is 0.0134. The van der Waals surface area contributed by atoms with Gasteiger partial charge in [-0.15, -0.1) is 5.10 Å². The zero-order chi connectivity index (χ0) is 21.9. The molecule has 9 nitrogen and oxygen atoms in total. The van der Waals surface area contributed by atoms with E-state index in [2.05, 4.69) is 25.1 Å². The highest BCUT2D eigenvalue weighted by atomic mass is 32.1. The Balaban J connectivity index is 1.36. The molecule has 4 atom stereocenters. The van der Waals surface area contributed by atoms with E-state index >= 15 is 0 Å². The Kier molecular flexibility index (Phi) is 4.56. The van der Waals surface area contributed by atoms with E-state index in [0.29, 0.717) is 16.1 Å². The summed E-state index contributed by atoms with van der Waals surface area (Å²) in [7, 11) is 3.50. The third-order valence-electron chi connectivity index (χ3n) is 6.39. The predicted octanol–water partition coefficient (Wildman–Crippen LogP) is 1.88. The number of hydrogen-bond acceptors (Lipinski definition) is 9. The fourth-order valence-electron chi connectivity index (χ4n) is 4.47. The molecule has 2 unspecified atom stereocenters. The molecule has 5 rings (SSSR count). The fraction of sp³-hybridized carbons (Fsp3) is 0.450. The van der Waals surface area contributed by atoms with Crippen molar-refractivity contribution in [1.82, 2.24) is 29.6 Å². The lowest BCUT2D eigenvalue weighted by molar-refractivity contribution is -0.0124. The highest BCUT2D eigenvalue weighted by Gasteiger charge is 2.60. The van der Waals surface area contributed by atoms with Crippen LogP contribution < -0.4 is 10.4 Å². The second-order valence-electron chi connectivity index (χ2n) is 8.36. The molecule has 31 heavy (non-hydrogen) atoms. The number of piperidine rings is 1. The Morgan fingerprint density at radius 3 is 2.81 bits per heavy atom. The summed E-state index contributed by atoms with van der Waals surface area (Å²) >= 11 is 1.15. The van der Waals surface area contributed by atoms with Crippen LogP contribution >= 0.6 is 11.3 Å². The smallest absolute Gasteiger partial charge is 0.350 e. The third-order valence-corrected chi connectivity index (χ3v) is 7.24. The number of alkyl halides is 1. The van der Waals surface area contributed by atoms with E-state index < -0.39 is 23.5 Å². The third kappa shape index (κ3) is 3.19. The van der Waals surface area contributed by atoms with E-state index in [9.17, 15) is 14.3 Å². The molecule has 2 fully saturated rings. The van der Waals surface area contributed by atoms with Gasteiger partial charge in [-0.3, -0.25) is 9.47 Å². The number of hydrogen-bond donors (Lipinski definition) is 1. The number of benzene rings is 1. The molecule has 3 heterocycles. The van der Waals surface area contributed by atoms with Gasteiger partial charge >= 0.3 is 5.69 Å². The van der Waals surface area contributed by atoms with Crippen LogP contribution in [0.4, 0.5) is 4.39 Å². The van der Waals surface area contributed by atoms with E-state index in [0.717, 1.165) is 24.3 Å². The van der Waals surface area contributed by atoms with Gasteiger partial charge in [0.1, 0.15) is 18.2 Å². The molecule has 1 aliphatic heterocycles. The van der Waals surface area contributed by atoms with Gasteiger partial charge in [-0.1, -0.05) is 22.5 Å². The molecule has 2 aliphatic rings. The summed E-state index contributed by atoms with van der Waals surface area (Å²) in [5.74, 6) is 0.278. The molecule has 0 amide bonds. The molecular weight excluding hydrogens is 423 g/mol. The number of nitrogens with zero attached hydrogens (tertiary/aromatic N) is 6. The Labute approximate surface area is 181 Å². The van der Waals surface area contributed by atoms with Crippen LogP contribution in [-0.4, -0.2) is 66.1 Å². The summed E-state index contributed by atoms with van der Waals surface area (Å²) in [4.78, 5) is 21.8. The van der Waals surface area contributed by atoms with Gasteiger partial charge in [0, 0.05) is 25.1 Å². The number of aromatic nitrogens is 5. The number of rotatable bonds is 4. The quantitative estimate of drug-likeness (QED) is 0.650. The van der Waals surface area contributed by atoms with Crippen molar-refractivity contribution in [1.29, 1.82) is 0 Å². The minimum Gasteiger partial charge on any atom is -0.507 e. The highest BCUT2D eigenvalue weighted by Crippen LogP contribution is 2.49. The average Bonchev–Trinajstić information content (AvgIpc) is 3.38. The molecule has 0 radical (unpaired) electrons. The second-order valence-corrected chi connectivity index (χ2v) is 9.30. The SMILES string of the molecule is CN1CC2CC1(C)[C@H](F)[C@@H]2Oc1nnc(-c2ccc(-c3ncn(C)c(=O)n3)cc2O)s1. The lowest BCUT2D eigenvalue weighted by atomic mass is 9.97. The molecule has 2 bridgehead atoms. The normalized spacial score (nSPS) is 27.7. The predicted molar refractivity (Wildman–Crippen MR) is 112 cm³/mol. The number of aryl methyl sites for hydroxylation is 1. The van der Waals surface area contributed by atoms with E-state index in [1.54, 1.807) is 19.2 Å². The summed E-state index contributed by atoms with van der Waals surface area (Å²) in [6.07, 6.45) is 0.481. The van der Waals surface area contributed by atoms with E-state index in [1.165, 1.54) is 17.0 Å². The van der Waals surface area contributed by atoms with Gasteiger partial charge in [0.15, 0.2) is 17.0 Å². The van der Waals surface area contributed by atoms with E-state index in [1.807, 2.05) is 14.0 Å². The number of likely N-dealkylation sites (tertiary alicyclic amines) is 1. The van der Waals surface area contributed by atoms with Crippen molar-refractivity contribution in [2.45, 2.75) is 31.2 Å². The van der Waals surface area contributed by atoms with Crippen LogP contribution in [0.1, 0.15) is 13.3 Å². The molecule has 1 saturated heterocycles. The second kappa shape index (κ2) is 7.06. The summed E-state index contributed by atoms with van der Waals surface area (Å²) in [6, 6.07) is 4.81. The van der Waals surface area contributed by atoms with Crippen molar-refractivity contribution in [3.05, 3.63) is 35.0 Å². The minimum atomic E-state index is -1.10. The van der Waals surface area contributed by atoms with Gasteiger partial charge < -0.3 is 9.84 Å². The van der Waals surface area contributed by atoms with E-state index in [4.69, 9.17) is 4.74 Å². The lowest BCUT2D eigenvalue weighted by Gasteiger charge is -2.38. The molecular formula is C20H21FN6O3S. The standard InChI is InChI=1S/C20H21FN6O3S/c1-20-7-11(8-27(20)3)14(15(20)21)30-19-25-24-17(31-19)12-5-4-10(6-13(12)28)16-22-9-26(2)18(29)23-16/h4-6,9,11,14-15,28H,7-8H2,1-3H3/t11?,14-,15-,20?/m1/s1. The first-order valence-electron chi connectivity index (χ1n) is 9.85. The average molecular weight is 444 g/mol. The van der Waals surface area contributed by atoms with Gasteiger partial charge in [0.2, 0.25) is 0 Å². The number of phenolic OH excluding ortho intramolecular Hbond substituents is 1. The van der Waals surface area contributed by atoms with Crippen LogP contribution in [0.3, 0.4) is 0 Å². The van der Waals surface area contributed by atoms with Gasteiger partial charge in [0.25, 0.3) is 5.19 Å². The number of phenols is 1. The Morgan fingerprint density at radius 2 is 2.13 bits per heavy atom. The Hall–Kier alpha value is -2.92. The highest BCUT2D eigenvalue weighted by molar-refractivity contribution is 7.16. The molecule has 1 aromatic carbocycles. The molecule has 11 heteroatoms. The van der Waals surface area contributed by atoms with Crippen LogP contribution in [0, 0.1) is 5.92 Å². The van der Waals surface area contributed by atoms with E-state index in [-0.39, 0.29) is 22.7 Å². The number of fused-ring (bicyclic) bond motifs is 2. The van der Waals surface area contributed by atoms with Crippen LogP contribution in [-0.2, 0) is 7.05 Å². The zero-order valence-corrected chi connectivity index (χ0v) is 18.0. The van der Waals surface area contributed by atoms with Gasteiger partial charge in [-0.25, -0.2) is 14.2 Å². The van der Waals surface area contributed by atoms with Crippen LogP contribution in [0.25, 0.3) is 22.0 Å². The largest absolute Gasteiger partial charge is 0.507 e. The molecule has 1 aliphatic carbocycles. The molecule has 1 N–H and O–H groups in total. The van der Waals surface area contributed by atoms with Crippen LogP contribution in [0.5, 0.6) is 10.9 Å². The molecule has 162 valence electrons. The number of ether oxygens (including phenoxy) is 1. The number of aromatic hydroxyl groups is 1. The van der Waals surface area contributed by atoms with Crippen molar-refractivity contribution < 1.29 is 14.2 Å². The fourth-order valence-corrected chi connectivity index (χ4v) is 5.24. The maximum absolute atomic E-state index is 15.0. The molecule has 3 aromatic rings. The maximum atomic E-state index is 15.0. The van der Waals surface area contributed by atoms with Crippen molar-refractivity contribution in [2.75, 3.05) is 13.6 Å². The summed E-state index contributed by atoms with van der Waals surface area (Å²) < 4.78 is 22.1. The molecule has 1 saturated carbocycles. The van der Waals surface area contributed by atoms with Crippen molar-refractivity contribution >= 4 is 11.3 Å². The van der Waals surface area contributed by atoms with Crippen molar-refractivity contribution in [2.24, 2.45) is 13.0 Å². The molecule has 2 aromatic heterocycles. The van der Waals surface area contributed by atoms with Crippen molar-refractivity contribution in [3.8, 4) is 32.9 Å². The Bertz CT molecular complexity index is 1220. The lowest BCUT2D eigenvalue weighted by Crippen LogP contribution is -2.54. The van der Waals surface area contributed by atoms with Gasteiger partial charge in [0.05, 0.1) is 11.1 Å². The topological polar surface area (TPSA) is 106 Å². The maximum Gasteiger partial charge on any atom is 0.350 e. The summed E-state index contributed by atoms with van der Waals surface area (Å²) in [6.45, 7) is 2.72. The minimum absolute atomic E-state index is 0.0538. The first-order chi connectivity index (χ1) is 14.8. The monoisotopic (exact) mass is 444 g/mol. The van der Waals surface area contributed by atoms with Gasteiger partial charge in [-0.05, 0) is 32.5 Å². The van der Waals surface area contributed by atoms with Crippen molar-refractivity contribution in [3.63, 3.8) is 0 Å². The van der Waals surface area contributed by atoms with Crippen LogP contribution in [0.2, 0.25) is 0 Å². The number of halogens is 1. The zero-order valence-electron chi connectivity index (χ0n) is 17.2. The first kappa shape index (κ1) is 20.0. The van der Waals surface area contributed by atoms with Crippen LogP contribution in [0.15, 0.2) is 29.3 Å². The molecule has 0 spiro atoms. The summed E-state index contributed by atoms with van der Waals surface area (Å²) in [5, 5.41) is 19.4. The van der Waals surface area contributed by atoms with Gasteiger partial charge in [-0.2, -0.15) is 4.98 Å². The first-order valence-corrected chi connectivity index (χ1v) is 10.7.